The van der Waals surface area contributed by atoms with Gasteiger partial charge in [0, 0.05) is 13.2 Å². The van der Waals surface area contributed by atoms with Gasteiger partial charge in [-0.25, -0.2) is 4.99 Å². The van der Waals surface area contributed by atoms with E-state index in [2.05, 4.69) is 73.0 Å². The third kappa shape index (κ3) is 7.74. The zero-order chi connectivity index (χ0) is 17.9. The molecule has 1 atom stereocenters. The molecule has 0 aliphatic carbocycles. The molecule has 0 heterocycles. The molecular formula is C21H30IN3O. The Labute approximate surface area is 174 Å². The summed E-state index contributed by atoms with van der Waals surface area (Å²) in [6.07, 6.45) is 0. The maximum absolute atomic E-state index is 5.43. The highest BCUT2D eigenvalue weighted by Crippen LogP contribution is 2.11. The van der Waals surface area contributed by atoms with E-state index in [9.17, 15) is 0 Å². The van der Waals surface area contributed by atoms with Crippen molar-refractivity contribution in [2.75, 3.05) is 13.2 Å². The van der Waals surface area contributed by atoms with Gasteiger partial charge in [0.05, 0.1) is 19.2 Å². The summed E-state index contributed by atoms with van der Waals surface area (Å²) in [5.74, 6) is 0.831. The minimum absolute atomic E-state index is 0. The van der Waals surface area contributed by atoms with E-state index in [1.165, 1.54) is 16.7 Å². The first-order chi connectivity index (χ1) is 12.2. The SMILES string of the molecule is CCNC(=NCc1ccc(COCC)cc1)NC(C)c1ccccc1.I. The summed E-state index contributed by atoms with van der Waals surface area (Å²) < 4.78 is 5.43. The summed E-state index contributed by atoms with van der Waals surface area (Å²) >= 11 is 0. The van der Waals surface area contributed by atoms with Crippen molar-refractivity contribution in [3.8, 4) is 0 Å². The normalized spacial score (nSPS) is 12.2. The third-order valence-electron chi connectivity index (χ3n) is 3.91. The lowest BCUT2D eigenvalue weighted by Gasteiger charge is -2.18. The predicted molar refractivity (Wildman–Crippen MR) is 120 cm³/mol. The molecule has 0 fully saturated rings. The van der Waals surface area contributed by atoms with Crippen molar-refractivity contribution in [3.63, 3.8) is 0 Å². The van der Waals surface area contributed by atoms with Crippen LogP contribution in [-0.4, -0.2) is 19.1 Å². The Morgan fingerprint density at radius 3 is 2.27 bits per heavy atom. The van der Waals surface area contributed by atoms with Crippen LogP contribution in [0.4, 0.5) is 0 Å². The fourth-order valence-corrected chi connectivity index (χ4v) is 2.48. The number of ether oxygens (including phenoxy) is 1. The average molecular weight is 467 g/mol. The second-order valence-corrected chi connectivity index (χ2v) is 5.93. The standard InChI is InChI=1S/C21H29N3O.HI/c1-4-22-21(24-17(3)20-9-7-6-8-10-20)23-15-18-11-13-19(14-12-18)16-25-5-2;/h6-14,17H,4-5,15-16H2,1-3H3,(H2,22,23,24);1H. The number of hydrogen-bond donors (Lipinski definition) is 2. The molecule has 0 aromatic heterocycles. The number of hydrogen-bond acceptors (Lipinski definition) is 2. The topological polar surface area (TPSA) is 45.7 Å². The first-order valence-electron chi connectivity index (χ1n) is 8.98. The number of guanidine groups is 1. The first kappa shape index (κ1) is 22.4. The van der Waals surface area contributed by atoms with Crippen LogP contribution in [0.2, 0.25) is 0 Å². The van der Waals surface area contributed by atoms with Gasteiger partial charge in [-0.05, 0) is 37.5 Å². The first-order valence-corrected chi connectivity index (χ1v) is 8.98. The van der Waals surface area contributed by atoms with Crippen LogP contribution in [0.25, 0.3) is 0 Å². The molecular weight excluding hydrogens is 437 g/mol. The lowest BCUT2D eigenvalue weighted by Crippen LogP contribution is -2.38. The molecule has 2 rings (SSSR count). The van der Waals surface area contributed by atoms with Crippen molar-refractivity contribution in [1.29, 1.82) is 0 Å². The molecule has 0 amide bonds. The van der Waals surface area contributed by atoms with Crippen LogP contribution in [0.5, 0.6) is 0 Å². The molecule has 2 aromatic carbocycles. The zero-order valence-corrected chi connectivity index (χ0v) is 18.2. The van der Waals surface area contributed by atoms with E-state index < -0.39 is 0 Å². The highest BCUT2D eigenvalue weighted by atomic mass is 127. The highest BCUT2D eigenvalue weighted by Gasteiger charge is 2.07. The number of rotatable bonds is 8. The average Bonchev–Trinajstić information content (AvgIpc) is 2.66. The van der Waals surface area contributed by atoms with Gasteiger partial charge in [-0.1, -0.05) is 54.6 Å². The van der Waals surface area contributed by atoms with Crippen LogP contribution < -0.4 is 10.6 Å². The molecule has 0 saturated carbocycles. The third-order valence-corrected chi connectivity index (χ3v) is 3.91. The molecule has 0 spiro atoms. The molecule has 2 aromatic rings. The maximum atomic E-state index is 5.43. The molecule has 2 N–H and O–H groups in total. The van der Waals surface area contributed by atoms with E-state index in [1.54, 1.807) is 0 Å². The molecule has 26 heavy (non-hydrogen) atoms. The van der Waals surface area contributed by atoms with E-state index in [1.807, 2.05) is 13.0 Å². The Balaban J connectivity index is 0.00000338. The van der Waals surface area contributed by atoms with Crippen LogP contribution in [0.3, 0.4) is 0 Å². The fourth-order valence-electron chi connectivity index (χ4n) is 2.48. The number of nitrogens with one attached hydrogen (secondary N) is 2. The Morgan fingerprint density at radius 2 is 1.65 bits per heavy atom. The molecule has 0 aliphatic rings. The number of halogens is 1. The molecule has 142 valence electrons. The largest absolute Gasteiger partial charge is 0.377 e. The summed E-state index contributed by atoms with van der Waals surface area (Å²) in [7, 11) is 0. The van der Waals surface area contributed by atoms with Gasteiger partial charge in [0.2, 0.25) is 0 Å². The molecule has 0 radical (unpaired) electrons. The van der Waals surface area contributed by atoms with Crippen molar-refractivity contribution < 1.29 is 4.74 Å². The molecule has 0 aliphatic heterocycles. The van der Waals surface area contributed by atoms with Gasteiger partial charge in [-0.15, -0.1) is 24.0 Å². The van der Waals surface area contributed by atoms with Gasteiger partial charge >= 0.3 is 0 Å². The van der Waals surface area contributed by atoms with E-state index in [4.69, 9.17) is 9.73 Å². The molecule has 5 heteroatoms. The minimum Gasteiger partial charge on any atom is -0.377 e. The summed E-state index contributed by atoms with van der Waals surface area (Å²) in [5, 5.41) is 6.77. The maximum Gasteiger partial charge on any atom is 0.192 e. The number of benzene rings is 2. The van der Waals surface area contributed by atoms with Gasteiger partial charge in [0.1, 0.15) is 0 Å². The lowest BCUT2D eigenvalue weighted by molar-refractivity contribution is 0.134. The van der Waals surface area contributed by atoms with E-state index in [0.717, 1.165) is 19.1 Å². The van der Waals surface area contributed by atoms with Crippen molar-refractivity contribution in [2.24, 2.45) is 4.99 Å². The summed E-state index contributed by atoms with van der Waals surface area (Å²) in [6, 6.07) is 19.0. The minimum atomic E-state index is 0. The summed E-state index contributed by atoms with van der Waals surface area (Å²) in [6.45, 7) is 9.11. The van der Waals surface area contributed by atoms with Crippen molar-refractivity contribution in [3.05, 3.63) is 71.3 Å². The van der Waals surface area contributed by atoms with Gasteiger partial charge < -0.3 is 15.4 Å². The zero-order valence-electron chi connectivity index (χ0n) is 15.9. The number of nitrogens with zero attached hydrogens (tertiary/aromatic N) is 1. The van der Waals surface area contributed by atoms with Gasteiger partial charge in [0.25, 0.3) is 0 Å². The molecule has 4 nitrogen and oxygen atoms in total. The number of aliphatic imine (C=N–C) groups is 1. The quantitative estimate of drug-likeness (QED) is 0.337. The molecule has 0 saturated heterocycles. The van der Waals surface area contributed by atoms with E-state index in [0.29, 0.717) is 13.2 Å². The highest BCUT2D eigenvalue weighted by molar-refractivity contribution is 14.0. The second kappa shape index (κ2) is 12.7. The van der Waals surface area contributed by atoms with Crippen LogP contribution >= 0.6 is 24.0 Å². The van der Waals surface area contributed by atoms with Gasteiger partial charge in [-0.2, -0.15) is 0 Å². The summed E-state index contributed by atoms with van der Waals surface area (Å²) in [5.41, 5.74) is 3.62. The van der Waals surface area contributed by atoms with E-state index in [-0.39, 0.29) is 30.0 Å². The van der Waals surface area contributed by atoms with Crippen molar-refractivity contribution in [2.45, 2.75) is 40.0 Å². The Morgan fingerprint density at radius 1 is 1.00 bits per heavy atom. The van der Waals surface area contributed by atoms with Crippen molar-refractivity contribution in [1.82, 2.24) is 10.6 Å². The lowest BCUT2D eigenvalue weighted by atomic mass is 10.1. The second-order valence-electron chi connectivity index (χ2n) is 5.93. The Bertz CT molecular complexity index is 644. The van der Waals surface area contributed by atoms with Gasteiger partial charge in [-0.3, -0.25) is 0 Å². The Kier molecular flexibility index (Phi) is 11.0. The van der Waals surface area contributed by atoms with Crippen LogP contribution in [0.1, 0.15) is 43.5 Å². The van der Waals surface area contributed by atoms with Gasteiger partial charge in [0.15, 0.2) is 5.96 Å². The monoisotopic (exact) mass is 467 g/mol. The Hall–Kier alpha value is -1.60. The van der Waals surface area contributed by atoms with Crippen LogP contribution in [0.15, 0.2) is 59.6 Å². The summed E-state index contributed by atoms with van der Waals surface area (Å²) in [4.78, 5) is 4.70. The van der Waals surface area contributed by atoms with Crippen LogP contribution in [-0.2, 0) is 17.9 Å². The fraction of sp³-hybridized carbons (Fsp3) is 0.381. The van der Waals surface area contributed by atoms with Crippen molar-refractivity contribution >= 4 is 29.9 Å². The predicted octanol–water partition coefficient (Wildman–Crippen LogP) is 4.66. The molecule has 0 bridgehead atoms. The molecule has 1 unspecified atom stereocenters. The smallest absolute Gasteiger partial charge is 0.192 e. The van der Waals surface area contributed by atoms with Crippen LogP contribution in [0, 0.1) is 0 Å². The van der Waals surface area contributed by atoms with E-state index >= 15 is 0 Å².